The summed E-state index contributed by atoms with van der Waals surface area (Å²) in [7, 11) is 0. The van der Waals surface area contributed by atoms with Crippen molar-refractivity contribution >= 4 is 17.4 Å². The number of hydrogen-bond acceptors (Lipinski definition) is 3. The lowest BCUT2D eigenvalue weighted by molar-refractivity contribution is 0.101. The van der Waals surface area contributed by atoms with Crippen LogP contribution in [0, 0.1) is 5.82 Å². The molecule has 0 bridgehead atoms. The highest BCUT2D eigenvalue weighted by Gasteiger charge is 2.12. The summed E-state index contributed by atoms with van der Waals surface area (Å²) in [6.07, 6.45) is 0. The lowest BCUT2D eigenvalue weighted by Gasteiger charge is -2.07. The third-order valence-electron chi connectivity index (χ3n) is 3.84. The monoisotopic (exact) mass is 350 g/mol. The van der Waals surface area contributed by atoms with Gasteiger partial charge in [0.15, 0.2) is 5.78 Å². The van der Waals surface area contributed by atoms with Crippen molar-refractivity contribution in [3.8, 4) is 11.3 Å². The highest BCUT2D eigenvalue weighted by Crippen LogP contribution is 2.17. The maximum atomic E-state index is 13.0. The lowest BCUT2D eigenvalue weighted by atomic mass is 10.1. The van der Waals surface area contributed by atoms with E-state index < -0.39 is 11.5 Å². The van der Waals surface area contributed by atoms with Gasteiger partial charge in [0, 0.05) is 16.9 Å². The van der Waals surface area contributed by atoms with Crippen LogP contribution in [0.15, 0.2) is 65.5 Å². The number of aromatic nitrogens is 1. The Labute approximate surface area is 148 Å². The molecule has 26 heavy (non-hydrogen) atoms. The van der Waals surface area contributed by atoms with Crippen LogP contribution in [0.1, 0.15) is 27.6 Å². The maximum Gasteiger partial charge on any atom is 0.261 e. The number of ketones is 1. The summed E-state index contributed by atoms with van der Waals surface area (Å²) < 4.78 is 13.0. The van der Waals surface area contributed by atoms with Gasteiger partial charge in [-0.2, -0.15) is 0 Å². The van der Waals surface area contributed by atoms with Gasteiger partial charge in [-0.1, -0.05) is 12.1 Å². The molecule has 0 aliphatic heterocycles. The van der Waals surface area contributed by atoms with E-state index in [0.29, 0.717) is 22.5 Å². The number of H-pyrrole nitrogens is 1. The van der Waals surface area contributed by atoms with Crippen molar-refractivity contribution in [1.82, 2.24) is 4.98 Å². The quantitative estimate of drug-likeness (QED) is 0.705. The normalized spacial score (nSPS) is 10.4. The van der Waals surface area contributed by atoms with Crippen molar-refractivity contribution in [2.45, 2.75) is 6.92 Å². The number of anilines is 1. The average Bonchev–Trinajstić information content (AvgIpc) is 2.62. The maximum absolute atomic E-state index is 13.0. The van der Waals surface area contributed by atoms with E-state index in [-0.39, 0.29) is 17.2 Å². The van der Waals surface area contributed by atoms with Gasteiger partial charge in [-0.15, -0.1) is 0 Å². The molecule has 3 aromatic rings. The average molecular weight is 350 g/mol. The second kappa shape index (κ2) is 7.14. The van der Waals surface area contributed by atoms with Crippen LogP contribution in [-0.4, -0.2) is 16.7 Å². The molecule has 0 saturated heterocycles. The first-order valence-electron chi connectivity index (χ1n) is 7.85. The molecule has 0 unspecified atom stereocenters. The van der Waals surface area contributed by atoms with Gasteiger partial charge in [-0.05, 0) is 61.0 Å². The largest absolute Gasteiger partial charge is 0.322 e. The molecule has 0 aliphatic rings. The molecule has 0 aliphatic carbocycles. The summed E-state index contributed by atoms with van der Waals surface area (Å²) in [6, 6.07) is 15.1. The number of carbonyl (C=O) groups is 2. The zero-order valence-electron chi connectivity index (χ0n) is 13.9. The van der Waals surface area contributed by atoms with Gasteiger partial charge >= 0.3 is 0 Å². The van der Waals surface area contributed by atoms with E-state index >= 15 is 0 Å². The van der Waals surface area contributed by atoms with Crippen molar-refractivity contribution in [3.63, 3.8) is 0 Å². The summed E-state index contributed by atoms with van der Waals surface area (Å²) in [6.45, 7) is 1.43. The van der Waals surface area contributed by atoms with Crippen LogP contribution in [0.25, 0.3) is 11.3 Å². The Kier molecular flexibility index (Phi) is 4.75. The van der Waals surface area contributed by atoms with Gasteiger partial charge in [-0.3, -0.25) is 14.4 Å². The zero-order chi connectivity index (χ0) is 18.7. The number of nitrogens with one attached hydrogen (secondary N) is 2. The van der Waals surface area contributed by atoms with Crippen LogP contribution in [-0.2, 0) is 0 Å². The fraction of sp³-hybridized carbons (Fsp3) is 0.0500. The van der Waals surface area contributed by atoms with Crippen molar-refractivity contribution < 1.29 is 14.0 Å². The highest BCUT2D eigenvalue weighted by atomic mass is 19.1. The fourth-order valence-electron chi connectivity index (χ4n) is 2.46. The third kappa shape index (κ3) is 3.75. The van der Waals surface area contributed by atoms with Gasteiger partial charge in [0.1, 0.15) is 11.4 Å². The molecular weight excluding hydrogens is 335 g/mol. The molecule has 5 nitrogen and oxygen atoms in total. The standard InChI is InChI=1S/C20H15FN2O3/c1-12(24)14-3-2-4-16(11-14)22-19(25)17-9-10-18(23-20(17)26)13-5-7-15(21)8-6-13/h2-11H,1H3,(H,22,25)(H,23,26). The number of rotatable bonds is 4. The predicted molar refractivity (Wildman–Crippen MR) is 96.9 cm³/mol. The van der Waals surface area contributed by atoms with Gasteiger partial charge in [0.05, 0.1) is 0 Å². The van der Waals surface area contributed by atoms with Crippen LogP contribution in [0.4, 0.5) is 10.1 Å². The minimum Gasteiger partial charge on any atom is -0.322 e. The van der Waals surface area contributed by atoms with Crippen LogP contribution in [0.3, 0.4) is 0 Å². The first-order valence-corrected chi connectivity index (χ1v) is 7.85. The molecule has 0 saturated carbocycles. The van der Waals surface area contributed by atoms with Gasteiger partial charge < -0.3 is 10.3 Å². The lowest BCUT2D eigenvalue weighted by Crippen LogP contribution is -2.23. The molecule has 130 valence electrons. The summed E-state index contributed by atoms with van der Waals surface area (Å²) >= 11 is 0. The first kappa shape index (κ1) is 17.3. The van der Waals surface area contributed by atoms with Crippen molar-refractivity contribution in [2.75, 3.05) is 5.32 Å². The van der Waals surface area contributed by atoms with Crippen molar-refractivity contribution in [3.05, 3.63) is 88.0 Å². The number of pyridine rings is 1. The number of carbonyl (C=O) groups excluding carboxylic acids is 2. The molecule has 6 heteroatoms. The smallest absolute Gasteiger partial charge is 0.261 e. The Morgan fingerprint density at radius 3 is 2.38 bits per heavy atom. The van der Waals surface area contributed by atoms with E-state index in [1.807, 2.05) is 0 Å². The first-order chi connectivity index (χ1) is 12.4. The van der Waals surface area contributed by atoms with E-state index in [9.17, 15) is 18.8 Å². The molecule has 1 heterocycles. The molecule has 1 aromatic heterocycles. The molecule has 2 N–H and O–H groups in total. The van der Waals surface area contributed by atoms with Crippen LogP contribution in [0.5, 0.6) is 0 Å². The number of benzene rings is 2. The molecule has 1 amide bonds. The van der Waals surface area contributed by atoms with E-state index in [0.717, 1.165) is 0 Å². The van der Waals surface area contributed by atoms with E-state index in [2.05, 4.69) is 10.3 Å². The van der Waals surface area contributed by atoms with Crippen LogP contribution in [0.2, 0.25) is 0 Å². The van der Waals surface area contributed by atoms with E-state index in [4.69, 9.17) is 0 Å². The summed E-state index contributed by atoms with van der Waals surface area (Å²) in [5, 5.41) is 2.60. The fourth-order valence-corrected chi connectivity index (χ4v) is 2.46. The number of hydrogen-bond donors (Lipinski definition) is 2. The molecule has 0 atom stereocenters. The molecule has 2 aromatic carbocycles. The summed E-state index contributed by atoms with van der Waals surface area (Å²) in [5.41, 5.74) is 1.36. The summed E-state index contributed by atoms with van der Waals surface area (Å²) in [5.74, 6) is -1.08. The molecule has 0 spiro atoms. The number of halogens is 1. The highest BCUT2D eigenvalue weighted by molar-refractivity contribution is 6.05. The Balaban J connectivity index is 1.84. The SMILES string of the molecule is CC(=O)c1cccc(NC(=O)c2ccc(-c3ccc(F)cc3)[nH]c2=O)c1. The van der Waals surface area contributed by atoms with Crippen molar-refractivity contribution in [1.29, 1.82) is 0 Å². The number of aromatic amines is 1. The van der Waals surface area contributed by atoms with Crippen molar-refractivity contribution in [2.24, 2.45) is 0 Å². The zero-order valence-corrected chi connectivity index (χ0v) is 13.9. The Hall–Kier alpha value is -3.54. The molecule has 0 radical (unpaired) electrons. The van der Waals surface area contributed by atoms with E-state index in [1.54, 1.807) is 30.3 Å². The number of amides is 1. The third-order valence-corrected chi connectivity index (χ3v) is 3.84. The Bertz CT molecular complexity index is 1040. The minimum absolute atomic E-state index is 0.0657. The van der Waals surface area contributed by atoms with Crippen LogP contribution >= 0.6 is 0 Å². The predicted octanol–water partition coefficient (Wildman–Crippen LogP) is 3.64. The van der Waals surface area contributed by atoms with Gasteiger partial charge in [0.2, 0.25) is 0 Å². The topological polar surface area (TPSA) is 79.0 Å². The van der Waals surface area contributed by atoms with Crippen LogP contribution < -0.4 is 10.9 Å². The molecule has 3 rings (SSSR count). The minimum atomic E-state index is -0.586. The van der Waals surface area contributed by atoms with Gasteiger partial charge in [0.25, 0.3) is 11.5 Å². The second-order valence-corrected chi connectivity index (χ2v) is 5.71. The van der Waals surface area contributed by atoms with E-state index in [1.165, 1.54) is 37.3 Å². The summed E-state index contributed by atoms with van der Waals surface area (Å²) in [4.78, 5) is 38.6. The number of Topliss-reactive ketones (excluding diaryl/α,β-unsaturated/α-hetero) is 1. The Morgan fingerprint density at radius 2 is 1.73 bits per heavy atom. The van der Waals surface area contributed by atoms with Gasteiger partial charge in [-0.25, -0.2) is 4.39 Å². The Morgan fingerprint density at radius 1 is 1.00 bits per heavy atom. The molecular formula is C20H15FN2O3. The molecule has 0 fully saturated rings. The second-order valence-electron chi connectivity index (χ2n) is 5.71.